The zero-order chi connectivity index (χ0) is 16.8. The number of primary sulfonamides is 1. The summed E-state index contributed by atoms with van der Waals surface area (Å²) < 4.78 is 28.2. The Labute approximate surface area is 132 Å². The van der Waals surface area contributed by atoms with Crippen LogP contribution in [0.25, 0.3) is 0 Å². The molecule has 1 amide bonds. The highest BCUT2D eigenvalue weighted by Gasteiger charge is 2.16. The maximum atomic E-state index is 11.9. The first-order chi connectivity index (χ1) is 10.3. The monoisotopic (exact) mass is 328 g/mol. The Kier molecular flexibility index (Phi) is 6.99. The summed E-state index contributed by atoms with van der Waals surface area (Å²) in [6.45, 7) is 5.78. The molecule has 0 aliphatic heterocycles. The van der Waals surface area contributed by atoms with E-state index in [2.05, 4.69) is 5.32 Å². The highest BCUT2D eigenvalue weighted by atomic mass is 32.2. The minimum atomic E-state index is -3.76. The van der Waals surface area contributed by atoms with E-state index in [-0.39, 0.29) is 29.6 Å². The van der Waals surface area contributed by atoms with Crippen molar-refractivity contribution in [2.75, 3.05) is 6.61 Å². The lowest BCUT2D eigenvalue weighted by atomic mass is 10.0. The molecule has 0 aliphatic carbocycles. The van der Waals surface area contributed by atoms with Crippen molar-refractivity contribution in [2.24, 2.45) is 5.14 Å². The highest BCUT2D eigenvalue weighted by Crippen LogP contribution is 2.19. The number of nitrogens with two attached hydrogens (primary N) is 1. The molecule has 3 N–H and O–H groups in total. The second-order valence-electron chi connectivity index (χ2n) is 5.18. The second-order valence-corrected chi connectivity index (χ2v) is 6.74. The van der Waals surface area contributed by atoms with Crippen molar-refractivity contribution in [3.8, 4) is 0 Å². The van der Waals surface area contributed by atoms with E-state index < -0.39 is 10.0 Å². The van der Waals surface area contributed by atoms with Gasteiger partial charge in [0.1, 0.15) is 6.61 Å². The zero-order valence-corrected chi connectivity index (χ0v) is 14.0. The van der Waals surface area contributed by atoms with E-state index in [0.29, 0.717) is 12.0 Å². The van der Waals surface area contributed by atoms with E-state index in [0.717, 1.165) is 6.42 Å². The maximum absolute atomic E-state index is 11.9. The maximum Gasteiger partial charge on any atom is 0.246 e. The van der Waals surface area contributed by atoms with Crippen LogP contribution in [0.2, 0.25) is 0 Å². The van der Waals surface area contributed by atoms with Crippen LogP contribution >= 0.6 is 0 Å². The second kappa shape index (κ2) is 8.26. The third kappa shape index (κ3) is 5.75. The Balaban J connectivity index is 2.78. The number of ether oxygens (including phenoxy) is 1. The Bertz CT molecular complexity index is 601. The lowest BCUT2D eigenvalue weighted by molar-refractivity contribution is -0.128. The third-order valence-electron chi connectivity index (χ3n) is 3.41. The molecule has 7 heteroatoms. The molecular weight excluding hydrogens is 304 g/mol. The van der Waals surface area contributed by atoms with E-state index in [4.69, 9.17) is 9.88 Å². The standard InChI is InChI=1S/C15H24N2O4S/c1-4-11(3)21-10-15(18)17-14(5-2)12-7-6-8-13(9-12)22(16,19)20/h6-9,11,14H,4-5,10H2,1-3H3,(H,17,18)(H2,16,19,20). The average molecular weight is 328 g/mol. The minimum Gasteiger partial charge on any atom is -0.369 e. The van der Waals surface area contributed by atoms with Gasteiger partial charge < -0.3 is 10.1 Å². The van der Waals surface area contributed by atoms with Crippen molar-refractivity contribution >= 4 is 15.9 Å². The summed E-state index contributed by atoms with van der Waals surface area (Å²) in [5.74, 6) is -0.229. The number of benzene rings is 1. The number of hydrogen-bond acceptors (Lipinski definition) is 4. The van der Waals surface area contributed by atoms with Gasteiger partial charge in [-0.15, -0.1) is 0 Å². The van der Waals surface area contributed by atoms with Crippen LogP contribution in [0.1, 0.15) is 45.2 Å². The number of hydrogen-bond donors (Lipinski definition) is 2. The summed E-state index contributed by atoms with van der Waals surface area (Å²) in [5.41, 5.74) is 0.700. The van der Waals surface area contributed by atoms with Crippen LogP contribution in [0.5, 0.6) is 0 Å². The van der Waals surface area contributed by atoms with Gasteiger partial charge in [-0.05, 0) is 37.5 Å². The van der Waals surface area contributed by atoms with Crippen LogP contribution in [0.4, 0.5) is 0 Å². The van der Waals surface area contributed by atoms with Crippen molar-refractivity contribution in [3.63, 3.8) is 0 Å². The van der Waals surface area contributed by atoms with Crippen LogP contribution in [-0.2, 0) is 19.6 Å². The minimum absolute atomic E-state index is 0.0135. The van der Waals surface area contributed by atoms with E-state index >= 15 is 0 Å². The molecule has 0 spiro atoms. The van der Waals surface area contributed by atoms with Gasteiger partial charge in [0, 0.05) is 0 Å². The molecular formula is C15H24N2O4S. The van der Waals surface area contributed by atoms with E-state index in [1.54, 1.807) is 12.1 Å². The summed E-state index contributed by atoms with van der Waals surface area (Å²) in [4.78, 5) is 11.9. The van der Waals surface area contributed by atoms with Gasteiger partial charge in [-0.2, -0.15) is 0 Å². The van der Waals surface area contributed by atoms with Crippen LogP contribution in [0.3, 0.4) is 0 Å². The molecule has 0 radical (unpaired) electrons. The zero-order valence-electron chi connectivity index (χ0n) is 13.2. The predicted molar refractivity (Wildman–Crippen MR) is 84.7 cm³/mol. The fourth-order valence-corrected chi connectivity index (χ4v) is 2.47. The molecule has 0 saturated heterocycles. The van der Waals surface area contributed by atoms with Gasteiger partial charge in [0.05, 0.1) is 17.0 Å². The largest absolute Gasteiger partial charge is 0.369 e. The van der Waals surface area contributed by atoms with Gasteiger partial charge in [-0.1, -0.05) is 26.0 Å². The molecule has 1 rings (SSSR count). The fourth-order valence-electron chi connectivity index (χ4n) is 1.90. The number of carbonyl (C=O) groups is 1. The molecule has 0 fully saturated rings. The number of amides is 1. The number of rotatable bonds is 8. The molecule has 6 nitrogen and oxygen atoms in total. The van der Waals surface area contributed by atoms with Crippen LogP contribution in [0, 0.1) is 0 Å². The van der Waals surface area contributed by atoms with Crippen LogP contribution in [0.15, 0.2) is 29.2 Å². The molecule has 0 heterocycles. The lowest BCUT2D eigenvalue weighted by Crippen LogP contribution is -2.32. The van der Waals surface area contributed by atoms with Crippen LogP contribution in [-0.4, -0.2) is 27.0 Å². The molecule has 2 atom stereocenters. The van der Waals surface area contributed by atoms with E-state index in [1.807, 2.05) is 20.8 Å². The third-order valence-corrected chi connectivity index (χ3v) is 4.32. The normalized spacial score (nSPS) is 14.4. The van der Waals surface area contributed by atoms with Crippen molar-refractivity contribution < 1.29 is 17.9 Å². The Morgan fingerprint density at radius 3 is 2.55 bits per heavy atom. The topological polar surface area (TPSA) is 98.5 Å². The molecule has 124 valence electrons. The quantitative estimate of drug-likeness (QED) is 0.759. The van der Waals surface area contributed by atoms with Crippen molar-refractivity contribution in [1.82, 2.24) is 5.32 Å². The first kappa shape index (κ1) is 18.6. The van der Waals surface area contributed by atoms with Gasteiger partial charge >= 0.3 is 0 Å². The molecule has 0 aliphatic rings. The highest BCUT2D eigenvalue weighted by molar-refractivity contribution is 7.89. The lowest BCUT2D eigenvalue weighted by Gasteiger charge is -2.19. The summed E-state index contributed by atoms with van der Waals surface area (Å²) in [7, 11) is -3.76. The van der Waals surface area contributed by atoms with Gasteiger partial charge in [0.25, 0.3) is 0 Å². The van der Waals surface area contributed by atoms with E-state index in [9.17, 15) is 13.2 Å². The van der Waals surface area contributed by atoms with Gasteiger partial charge in [-0.25, -0.2) is 13.6 Å². The smallest absolute Gasteiger partial charge is 0.246 e. The number of sulfonamides is 1. The predicted octanol–water partition coefficient (Wildman–Crippen LogP) is 1.72. The SMILES string of the molecule is CCC(C)OCC(=O)NC(CC)c1cccc(S(N)(=O)=O)c1. The van der Waals surface area contributed by atoms with Crippen molar-refractivity contribution in [2.45, 2.75) is 50.7 Å². The summed E-state index contributed by atoms with van der Waals surface area (Å²) in [5, 5.41) is 7.97. The molecule has 0 bridgehead atoms. The summed E-state index contributed by atoms with van der Waals surface area (Å²) in [6.07, 6.45) is 1.49. The number of nitrogens with one attached hydrogen (secondary N) is 1. The van der Waals surface area contributed by atoms with Gasteiger partial charge in [0.2, 0.25) is 15.9 Å². The van der Waals surface area contributed by atoms with Gasteiger partial charge in [-0.3, -0.25) is 4.79 Å². The fraction of sp³-hybridized carbons (Fsp3) is 0.533. The first-order valence-electron chi connectivity index (χ1n) is 7.31. The Morgan fingerprint density at radius 1 is 1.32 bits per heavy atom. The van der Waals surface area contributed by atoms with Crippen molar-refractivity contribution in [3.05, 3.63) is 29.8 Å². The Morgan fingerprint density at radius 2 is 2.00 bits per heavy atom. The van der Waals surface area contributed by atoms with E-state index in [1.165, 1.54) is 12.1 Å². The molecule has 1 aromatic carbocycles. The molecule has 1 aromatic rings. The van der Waals surface area contributed by atoms with Crippen LogP contribution < -0.4 is 10.5 Å². The average Bonchev–Trinajstić information content (AvgIpc) is 2.49. The molecule has 2 unspecified atom stereocenters. The van der Waals surface area contributed by atoms with Gasteiger partial charge in [0.15, 0.2) is 0 Å². The summed E-state index contributed by atoms with van der Waals surface area (Å²) in [6, 6.07) is 6.01. The number of carbonyl (C=O) groups excluding carboxylic acids is 1. The molecule has 0 aromatic heterocycles. The Hall–Kier alpha value is -1.44. The first-order valence-corrected chi connectivity index (χ1v) is 8.86. The molecule has 0 saturated carbocycles. The van der Waals surface area contributed by atoms with Crippen molar-refractivity contribution in [1.29, 1.82) is 0 Å². The summed E-state index contributed by atoms with van der Waals surface area (Å²) >= 11 is 0. The molecule has 22 heavy (non-hydrogen) atoms.